The molecule has 1 amide bonds. The summed E-state index contributed by atoms with van der Waals surface area (Å²) >= 11 is 0. The van der Waals surface area contributed by atoms with Crippen LogP contribution < -0.4 is 0 Å². The largest absolute Gasteiger partial charge is 0.508 e. The van der Waals surface area contributed by atoms with Crippen LogP contribution in [-0.2, 0) is 17.8 Å². The minimum atomic E-state index is 0.207. The summed E-state index contributed by atoms with van der Waals surface area (Å²) < 4.78 is 0. The molecular formula is C22H28N2O2. The number of carbonyl (C=O) groups excluding carboxylic acids is 1. The number of nitrogens with zero attached hydrogens (tertiary/aromatic N) is 2. The molecule has 1 atom stereocenters. The van der Waals surface area contributed by atoms with Gasteiger partial charge in [0.1, 0.15) is 5.75 Å². The van der Waals surface area contributed by atoms with Crippen molar-refractivity contribution in [3.63, 3.8) is 0 Å². The number of carbonyl (C=O) groups is 1. The zero-order valence-electron chi connectivity index (χ0n) is 15.7. The topological polar surface area (TPSA) is 43.8 Å². The van der Waals surface area contributed by atoms with Gasteiger partial charge in [-0.05, 0) is 56.0 Å². The van der Waals surface area contributed by atoms with E-state index in [9.17, 15) is 9.90 Å². The molecule has 1 aliphatic rings. The molecule has 0 aliphatic carbocycles. The molecule has 1 fully saturated rings. The van der Waals surface area contributed by atoms with Gasteiger partial charge < -0.3 is 10.0 Å². The van der Waals surface area contributed by atoms with Crippen molar-refractivity contribution < 1.29 is 9.90 Å². The molecule has 138 valence electrons. The molecule has 1 saturated heterocycles. The molecule has 4 heteroatoms. The smallest absolute Gasteiger partial charge is 0.236 e. The molecule has 3 rings (SSSR count). The normalized spacial score (nSPS) is 17.0. The van der Waals surface area contributed by atoms with Gasteiger partial charge in [-0.1, -0.05) is 42.0 Å². The van der Waals surface area contributed by atoms with Crippen molar-refractivity contribution in [2.75, 3.05) is 26.7 Å². The van der Waals surface area contributed by atoms with Crippen molar-refractivity contribution in [2.24, 2.45) is 5.92 Å². The van der Waals surface area contributed by atoms with Gasteiger partial charge in [-0.25, -0.2) is 0 Å². The highest BCUT2D eigenvalue weighted by molar-refractivity contribution is 5.78. The summed E-state index contributed by atoms with van der Waals surface area (Å²) in [5, 5.41) is 9.59. The average Bonchev–Trinajstić information content (AvgIpc) is 3.05. The third-order valence-corrected chi connectivity index (χ3v) is 5.05. The maximum Gasteiger partial charge on any atom is 0.236 e. The number of benzene rings is 2. The predicted molar refractivity (Wildman–Crippen MR) is 104 cm³/mol. The van der Waals surface area contributed by atoms with Gasteiger partial charge in [0.2, 0.25) is 5.91 Å². The van der Waals surface area contributed by atoms with E-state index in [1.807, 2.05) is 30.1 Å². The monoisotopic (exact) mass is 352 g/mol. The second-order valence-corrected chi connectivity index (χ2v) is 7.53. The van der Waals surface area contributed by atoms with E-state index < -0.39 is 0 Å². The SMILES string of the molecule is Cc1ccc(CN(C)CC(=O)N2CCC(Cc3cccc(O)c3)C2)cc1. The van der Waals surface area contributed by atoms with Crippen LogP contribution >= 0.6 is 0 Å². The Morgan fingerprint density at radius 3 is 2.69 bits per heavy atom. The van der Waals surface area contributed by atoms with Gasteiger partial charge in [-0.2, -0.15) is 0 Å². The van der Waals surface area contributed by atoms with Crippen molar-refractivity contribution in [1.82, 2.24) is 9.80 Å². The number of phenolic OH excluding ortho intramolecular Hbond substituents is 1. The highest BCUT2D eigenvalue weighted by Gasteiger charge is 2.26. The Labute approximate surface area is 156 Å². The average molecular weight is 352 g/mol. The van der Waals surface area contributed by atoms with Crippen molar-refractivity contribution in [1.29, 1.82) is 0 Å². The Morgan fingerprint density at radius 2 is 1.96 bits per heavy atom. The van der Waals surface area contributed by atoms with Crippen LogP contribution in [0.5, 0.6) is 5.75 Å². The lowest BCUT2D eigenvalue weighted by Gasteiger charge is -2.22. The minimum absolute atomic E-state index is 0.207. The van der Waals surface area contributed by atoms with Crippen LogP contribution in [0.25, 0.3) is 0 Å². The standard InChI is InChI=1S/C22H28N2O2/c1-17-6-8-18(9-7-17)14-23(2)16-22(26)24-11-10-20(15-24)12-19-4-3-5-21(25)13-19/h3-9,13,20,25H,10-12,14-16H2,1-2H3. The predicted octanol–water partition coefficient (Wildman–Crippen LogP) is 3.22. The lowest BCUT2D eigenvalue weighted by Crippen LogP contribution is -2.37. The zero-order valence-corrected chi connectivity index (χ0v) is 15.7. The number of aryl methyl sites for hydroxylation is 1. The van der Waals surface area contributed by atoms with Crippen molar-refractivity contribution >= 4 is 5.91 Å². The van der Waals surface area contributed by atoms with E-state index in [0.29, 0.717) is 18.2 Å². The Kier molecular flexibility index (Phi) is 5.94. The van der Waals surface area contributed by atoms with Crippen molar-refractivity contribution in [2.45, 2.75) is 26.3 Å². The van der Waals surface area contributed by atoms with Gasteiger partial charge in [0.25, 0.3) is 0 Å². The zero-order chi connectivity index (χ0) is 18.5. The number of phenols is 1. The number of likely N-dealkylation sites (N-methyl/N-ethyl adjacent to an activating group) is 1. The number of amides is 1. The molecule has 2 aromatic rings. The molecule has 0 aromatic heterocycles. The van der Waals surface area contributed by atoms with Gasteiger partial charge in [0, 0.05) is 19.6 Å². The highest BCUT2D eigenvalue weighted by atomic mass is 16.3. The number of likely N-dealkylation sites (tertiary alicyclic amines) is 1. The summed E-state index contributed by atoms with van der Waals surface area (Å²) in [5.41, 5.74) is 3.62. The Hall–Kier alpha value is -2.33. The second-order valence-electron chi connectivity index (χ2n) is 7.53. The molecule has 0 saturated carbocycles. The molecule has 1 N–H and O–H groups in total. The van der Waals surface area contributed by atoms with Gasteiger partial charge in [-0.15, -0.1) is 0 Å². The van der Waals surface area contributed by atoms with Crippen LogP contribution in [0.3, 0.4) is 0 Å². The quantitative estimate of drug-likeness (QED) is 0.868. The summed E-state index contributed by atoms with van der Waals surface area (Å²) in [6, 6.07) is 15.9. The number of aromatic hydroxyl groups is 1. The first-order chi connectivity index (χ1) is 12.5. The van der Waals surface area contributed by atoms with Crippen molar-refractivity contribution in [3.05, 3.63) is 65.2 Å². The first kappa shape index (κ1) is 18.5. The third-order valence-electron chi connectivity index (χ3n) is 5.05. The van der Waals surface area contributed by atoms with Crippen molar-refractivity contribution in [3.8, 4) is 5.75 Å². The van der Waals surface area contributed by atoms with Gasteiger partial charge in [0.15, 0.2) is 0 Å². The molecular weight excluding hydrogens is 324 g/mol. The number of rotatable bonds is 6. The summed E-state index contributed by atoms with van der Waals surface area (Å²) in [4.78, 5) is 16.7. The minimum Gasteiger partial charge on any atom is -0.508 e. The second kappa shape index (κ2) is 8.37. The maximum atomic E-state index is 12.6. The Balaban J connectivity index is 1.47. The van der Waals surface area contributed by atoms with E-state index in [-0.39, 0.29) is 5.91 Å². The fourth-order valence-corrected chi connectivity index (χ4v) is 3.63. The number of hydrogen-bond acceptors (Lipinski definition) is 3. The van der Waals surface area contributed by atoms with Crippen LogP contribution in [0, 0.1) is 12.8 Å². The number of hydrogen-bond donors (Lipinski definition) is 1. The molecule has 0 spiro atoms. The highest BCUT2D eigenvalue weighted by Crippen LogP contribution is 2.22. The molecule has 0 radical (unpaired) electrons. The van der Waals surface area contributed by atoms with Crippen LogP contribution in [-0.4, -0.2) is 47.5 Å². The van der Waals surface area contributed by atoms with E-state index in [1.165, 1.54) is 11.1 Å². The van der Waals surface area contributed by atoms with E-state index in [0.717, 1.165) is 38.0 Å². The summed E-state index contributed by atoms with van der Waals surface area (Å²) in [7, 11) is 2.00. The molecule has 4 nitrogen and oxygen atoms in total. The molecule has 26 heavy (non-hydrogen) atoms. The first-order valence-electron chi connectivity index (χ1n) is 9.29. The molecule has 2 aromatic carbocycles. The molecule has 0 bridgehead atoms. The fourth-order valence-electron chi connectivity index (χ4n) is 3.63. The Bertz CT molecular complexity index is 742. The van der Waals surface area contributed by atoms with Gasteiger partial charge in [-0.3, -0.25) is 9.69 Å². The van der Waals surface area contributed by atoms with E-state index in [2.05, 4.69) is 36.1 Å². The maximum absolute atomic E-state index is 12.6. The van der Waals surface area contributed by atoms with E-state index in [4.69, 9.17) is 0 Å². The third kappa shape index (κ3) is 5.09. The lowest BCUT2D eigenvalue weighted by molar-refractivity contribution is -0.131. The fraction of sp³-hybridized carbons (Fsp3) is 0.409. The molecule has 1 heterocycles. The summed E-state index contributed by atoms with van der Waals surface area (Å²) in [6.45, 7) is 4.96. The van der Waals surface area contributed by atoms with E-state index in [1.54, 1.807) is 6.07 Å². The summed E-state index contributed by atoms with van der Waals surface area (Å²) in [5.74, 6) is 0.993. The lowest BCUT2D eigenvalue weighted by atomic mass is 9.99. The first-order valence-corrected chi connectivity index (χ1v) is 9.29. The van der Waals surface area contributed by atoms with E-state index >= 15 is 0 Å². The van der Waals surface area contributed by atoms with Crippen LogP contribution in [0.15, 0.2) is 48.5 Å². The molecule has 1 aliphatic heterocycles. The van der Waals surface area contributed by atoms with Gasteiger partial charge in [0.05, 0.1) is 6.54 Å². The summed E-state index contributed by atoms with van der Waals surface area (Å²) in [6.07, 6.45) is 1.94. The van der Waals surface area contributed by atoms with Crippen LogP contribution in [0.2, 0.25) is 0 Å². The van der Waals surface area contributed by atoms with Crippen LogP contribution in [0.1, 0.15) is 23.1 Å². The molecule has 1 unspecified atom stereocenters. The van der Waals surface area contributed by atoms with Gasteiger partial charge >= 0.3 is 0 Å². The Morgan fingerprint density at radius 1 is 1.19 bits per heavy atom. The van der Waals surface area contributed by atoms with Crippen LogP contribution in [0.4, 0.5) is 0 Å².